The molecule has 180 valence electrons. The van der Waals surface area contributed by atoms with Crippen LogP contribution >= 0.6 is 11.3 Å². The van der Waals surface area contributed by atoms with E-state index in [1.807, 2.05) is 25.1 Å². The lowest BCUT2D eigenvalue weighted by Gasteiger charge is -2.23. The van der Waals surface area contributed by atoms with Gasteiger partial charge in [-0.15, -0.1) is 0 Å². The Labute approximate surface area is 210 Å². The molecule has 5 rings (SSSR count). The van der Waals surface area contributed by atoms with E-state index in [4.69, 9.17) is 4.74 Å². The van der Waals surface area contributed by atoms with Crippen LogP contribution in [0, 0.1) is 12.7 Å². The van der Waals surface area contributed by atoms with Crippen LogP contribution in [0.25, 0.3) is 16.0 Å². The van der Waals surface area contributed by atoms with Crippen molar-refractivity contribution in [3.63, 3.8) is 0 Å². The third kappa shape index (κ3) is 4.16. The van der Waals surface area contributed by atoms with E-state index in [2.05, 4.69) is 11.6 Å². The van der Waals surface area contributed by atoms with Gasteiger partial charge in [-0.25, -0.2) is 9.37 Å². The third-order valence-electron chi connectivity index (χ3n) is 5.84. The largest absolute Gasteiger partial charge is 0.507 e. The van der Waals surface area contributed by atoms with E-state index < -0.39 is 29.3 Å². The van der Waals surface area contributed by atoms with Crippen LogP contribution < -0.4 is 9.64 Å². The molecule has 1 aliphatic rings. The first kappa shape index (κ1) is 23.4. The van der Waals surface area contributed by atoms with Crippen LogP contribution in [-0.2, 0) is 9.59 Å². The van der Waals surface area contributed by atoms with Gasteiger partial charge in [0, 0.05) is 5.56 Å². The van der Waals surface area contributed by atoms with Crippen LogP contribution in [0.1, 0.15) is 22.7 Å². The number of ketones is 1. The number of aliphatic hydroxyl groups is 1. The van der Waals surface area contributed by atoms with E-state index in [9.17, 15) is 19.1 Å². The molecule has 0 saturated carbocycles. The third-order valence-corrected chi connectivity index (χ3v) is 6.86. The molecule has 1 fully saturated rings. The van der Waals surface area contributed by atoms with Gasteiger partial charge in [-0.3, -0.25) is 14.5 Å². The molecule has 0 spiro atoms. The number of nitrogens with zero attached hydrogens (tertiary/aromatic N) is 2. The second kappa shape index (κ2) is 9.39. The summed E-state index contributed by atoms with van der Waals surface area (Å²) in [6.07, 6.45) is 1.61. The molecule has 36 heavy (non-hydrogen) atoms. The molecule has 4 aromatic rings. The quantitative estimate of drug-likeness (QED) is 0.154. The number of fused-ring (bicyclic) bond motifs is 1. The van der Waals surface area contributed by atoms with Crippen LogP contribution in [0.3, 0.4) is 0 Å². The highest BCUT2D eigenvalue weighted by atomic mass is 32.1. The predicted octanol–water partition coefficient (Wildman–Crippen LogP) is 5.93. The Hall–Kier alpha value is -4.30. The summed E-state index contributed by atoms with van der Waals surface area (Å²) in [5.41, 5.74) is 2.40. The monoisotopic (exact) mass is 500 g/mol. The molecule has 0 aliphatic carbocycles. The van der Waals surface area contributed by atoms with E-state index in [1.54, 1.807) is 30.3 Å². The van der Waals surface area contributed by atoms with Crippen LogP contribution in [0.2, 0.25) is 0 Å². The van der Waals surface area contributed by atoms with E-state index in [1.165, 1.54) is 40.5 Å². The number of benzene rings is 3. The first-order chi connectivity index (χ1) is 17.4. The van der Waals surface area contributed by atoms with Gasteiger partial charge in [-0.1, -0.05) is 42.2 Å². The molecule has 3 aromatic carbocycles. The van der Waals surface area contributed by atoms with Crippen LogP contribution in [-0.4, -0.2) is 28.4 Å². The highest BCUT2D eigenvalue weighted by Gasteiger charge is 2.48. The van der Waals surface area contributed by atoms with E-state index >= 15 is 0 Å². The van der Waals surface area contributed by atoms with E-state index in [0.717, 1.165) is 10.3 Å². The maximum atomic E-state index is 13.5. The second-order valence-electron chi connectivity index (χ2n) is 8.32. The SMILES string of the molecule is C=CCOc1cccc([C@H]2/C(=C(\O)c3ccc(F)cc3)C(=O)C(=O)N2c2nc3ccc(C)cc3s2)c1. The first-order valence-corrected chi connectivity index (χ1v) is 12.0. The van der Waals surface area contributed by atoms with Crippen molar-refractivity contribution in [2.45, 2.75) is 13.0 Å². The first-order valence-electron chi connectivity index (χ1n) is 11.1. The number of aromatic nitrogens is 1. The fourth-order valence-electron chi connectivity index (χ4n) is 4.16. The molecule has 6 nitrogen and oxygen atoms in total. The molecular weight excluding hydrogens is 479 g/mol. The number of aryl methyl sites for hydroxylation is 1. The Kier molecular flexibility index (Phi) is 6.12. The zero-order valence-corrected chi connectivity index (χ0v) is 20.1. The average molecular weight is 501 g/mol. The van der Waals surface area contributed by atoms with Gasteiger partial charge in [-0.05, 0) is 66.6 Å². The number of carbonyl (C=O) groups excluding carboxylic acids is 2. The van der Waals surface area contributed by atoms with Crippen LogP contribution in [0.4, 0.5) is 9.52 Å². The van der Waals surface area contributed by atoms with Crippen molar-refractivity contribution in [1.29, 1.82) is 0 Å². The van der Waals surface area contributed by atoms with Gasteiger partial charge in [0.05, 0.1) is 21.8 Å². The molecule has 1 saturated heterocycles. The number of carbonyl (C=O) groups is 2. The maximum Gasteiger partial charge on any atom is 0.301 e. The average Bonchev–Trinajstić information content (AvgIpc) is 3.40. The van der Waals surface area contributed by atoms with Gasteiger partial charge in [-0.2, -0.15) is 0 Å². The summed E-state index contributed by atoms with van der Waals surface area (Å²) in [5, 5.41) is 11.5. The number of hydrogen-bond donors (Lipinski definition) is 1. The molecule has 0 unspecified atom stereocenters. The van der Waals surface area contributed by atoms with Crippen molar-refractivity contribution >= 4 is 44.1 Å². The zero-order valence-electron chi connectivity index (χ0n) is 19.3. The van der Waals surface area contributed by atoms with Gasteiger partial charge in [0.15, 0.2) is 5.13 Å². The minimum Gasteiger partial charge on any atom is -0.507 e. The molecule has 1 amide bonds. The summed E-state index contributed by atoms with van der Waals surface area (Å²) in [7, 11) is 0. The molecule has 1 N–H and O–H groups in total. The highest BCUT2D eigenvalue weighted by Crippen LogP contribution is 2.44. The smallest absolute Gasteiger partial charge is 0.301 e. The Bertz CT molecular complexity index is 1540. The lowest BCUT2D eigenvalue weighted by molar-refractivity contribution is -0.132. The van der Waals surface area contributed by atoms with Gasteiger partial charge >= 0.3 is 5.91 Å². The molecule has 0 bridgehead atoms. The van der Waals surface area contributed by atoms with Crippen molar-refractivity contribution in [3.05, 3.63) is 107 Å². The van der Waals surface area contributed by atoms with Crippen molar-refractivity contribution in [2.75, 3.05) is 11.5 Å². The summed E-state index contributed by atoms with van der Waals surface area (Å²) in [5.74, 6) is -2.03. The Morgan fingerprint density at radius 2 is 1.94 bits per heavy atom. The summed E-state index contributed by atoms with van der Waals surface area (Å²) in [6.45, 7) is 5.89. The fraction of sp³-hybridized carbons (Fsp3) is 0.107. The predicted molar refractivity (Wildman–Crippen MR) is 138 cm³/mol. The standard InChI is InChI=1S/C28H21FN2O4S/c1-3-13-35-20-6-4-5-18(15-20)24-23(25(32)17-8-10-19(29)11-9-17)26(33)27(34)31(24)28-30-21-12-7-16(2)14-22(21)36-28/h3-12,14-15,24,32H,1,13H2,2H3/b25-23+/t24-/m0/s1. The maximum absolute atomic E-state index is 13.5. The lowest BCUT2D eigenvalue weighted by atomic mass is 9.95. The number of rotatable bonds is 6. The highest BCUT2D eigenvalue weighted by molar-refractivity contribution is 7.22. The Morgan fingerprint density at radius 3 is 2.69 bits per heavy atom. The van der Waals surface area contributed by atoms with Crippen molar-refractivity contribution < 1.29 is 23.8 Å². The van der Waals surface area contributed by atoms with E-state index in [0.29, 0.717) is 22.0 Å². The molecule has 2 heterocycles. The number of aliphatic hydroxyl groups excluding tert-OH is 1. The Balaban J connectivity index is 1.71. The van der Waals surface area contributed by atoms with Crippen molar-refractivity contribution in [2.24, 2.45) is 0 Å². The summed E-state index contributed by atoms with van der Waals surface area (Å²) in [6, 6.07) is 16.8. The van der Waals surface area contributed by atoms with E-state index in [-0.39, 0.29) is 17.7 Å². The molecule has 0 radical (unpaired) electrons. The number of anilines is 1. The topological polar surface area (TPSA) is 79.7 Å². The minimum absolute atomic E-state index is 0.108. The van der Waals surface area contributed by atoms with Gasteiger partial charge < -0.3 is 9.84 Å². The summed E-state index contributed by atoms with van der Waals surface area (Å²) >= 11 is 1.29. The number of halogens is 1. The summed E-state index contributed by atoms with van der Waals surface area (Å²) in [4.78, 5) is 32.6. The van der Waals surface area contributed by atoms with Gasteiger partial charge in [0.25, 0.3) is 5.78 Å². The number of Topliss-reactive ketones (excluding diaryl/α,β-unsaturated/α-hetero) is 1. The van der Waals surface area contributed by atoms with Crippen LogP contribution in [0.15, 0.2) is 85.0 Å². The van der Waals surface area contributed by atoms with Crippen molar-refractivity contribution in [1.82, 2.24) is 4.98 Å². The fourth-order valence-corrected chi connectivity index (χ4v) is 5.25. The summed E-state index contributed by atoms with van der Waals surface area (Å²) < 4.78 is 20.0. The molecule has 1 aromatic heterocycles. The minimum atomic E-state index is -0.969. The normalized spacial score (nSPS) is 17.1. The molecule has 1 aliphatic heterocycles. The molecule has 8 heteroatoms. The molecule has 1 atom stereocenters. The van der Waals surface area contributed by atoms with Gasteiger partial charge in [0.2, 0.25) is 0 Å². The van der Waals surface area contributed by atoms with Gasteiger partial charge in [0.1, 0.15) is 23.9 Å². The number of amides is 1. The second-order valence-corrected chi connectivity index (χ2v) is 9.32. The zero-order chi connectivity index (χ0) is 25.4. The number of ether oxygens (including phenoxy) is 1. The number of hydrogen-bond acceptors (Lipinski definition) is 6. The number of thiazole rings is 1. The molecular formula is C28H21FN2O4S. The Morgan fingerprint density at radius 1 is 1.17 bits per heavy atom. The lowest BCUT2D eigenvalue weighted by Crippen LogP contribution is -2.29. The van der Waals surface area contributed by atoms with Crippen LogP contribution in [0.5, 0.6) is 5.75 Å². The van der Waals surface area contributed by atoms with Crippen molar-refractivity contribution in [3.8, 4) is 5.75 Å².